The third kappa shape index (κ3) is 27.7. The topological polar surface area (TPSA) is 500 Å². The number of aliphatic carboxylic acids is 4. The number of primary amides is 1. The Morgan fingerprint density at radius 2 is 1.10 bits per heavy atom. The molecule has 1 aliphatic carbocycles. The zero-order chi connectivity index (χ0) is 89.0. The van der Waals surface area contributed by atoms with Crippen LogP contribution >= 0.6 is 0 Å². The van der Waals surface area contributed by atoms with Crippen LogP contribution in [0.3, 0.4) is 0 Å². The predicted molar refractivity (Wildman–Crippen MR) is 465 cm³/mol. The first-order chi connectivity index (χ1) is 57.7. The van der Waals surface area contributed by atoms with Crippen molar-refractivity contribution in [3.8, 4) is 11.1 Å². The fraction of sp³-hybridized carbons (Fsp3) is 0.448. The van der Waals surface area contributed by atoms with E-state index < -0.39 is 100 Å². The van der Waals surface area contributed by atoms with Gasteiger partial charge in [0.05, 0.1) is 51.5 Å². The Labute approximate surface area is 756 Å². The number of carbonyl (C=O) groups excluding carboxylic acids is 4. The molecule has 1 fully saturated rings. The minimum atomic E-state index is -4.53. The van der Waals surface area contributed by atoms with Crippen molar-refractivity contribution in [3.05, 3.63) is 175 Å². The number of carboxylic acid groups (broad SMARTS) is 4. The Bertz CT molecular complexity index is 5280. The van der Waals surface area contributed by atoms with E-state index in [-0.39, 0.29) is 180 Å². The van der Waals surface area contributed by atoms with Crippen molar-refractivity contribution in [2.75, 3.05) is 116 Å². The second kappa shape index (κ2) is 45.9. The summed E-state index contributed by atoms with van der Waals surface area (Å²) in [7, 11) is -13.4. The molecule has 4 aliphatic rings. The fourth-order valence-electron chi connectivity index (χ4n) is 16.3. The minimum Gasteiger partial charge on any atom is -0.748 e. The Morgan fingerprint density at radius 1 is 0.589 bits per heavy atom. The van der Waals surface area contributed by atoms with E-state index in [1.54, 1.807) is 32.9 Å². The Kier molecular flexibility index (Phi) is 37.8. The van der Waals surface area contributed by atoms with Gasteiger partial charge in [0.15, 0.2) is 5.71 Å². The fourth-order valence-corrected chi connectivity index (χ4v) is 17.8. The number of carbonyl (C=O) groups is 8. The van der Waals surface area contributed by atoms with Crippen LogP contribution in [0.25, 0.3) is 32.7 Å². The Morgan fingerprint density at radius 3 is 1.60 bits per heavy atom. The van der Waals surface area contributed by atoms with Crippen molar-refractivity contribution >= 4 is 117 Å². The summed E-state index contributed by atoms with van der Waals surface area (Å²) in [5.74, 6) is -5.82. The molecule has 13 N–H and O–H groups in total. The van der Waals surface area contributed by atoms with E-state index in [1.807, 2.05) is 121 Å². The maximum absolute atomic E-state index is 13.5. The van der Waals surface area contributed by atoms with Crippen molar-refractivity contribution < 1.29 is 147 Å². The average Bonchev–Trinajstić information content (AvgIpc) is 1.60. The molecule has 676 valence electrons. The minimum absolute atomic E-state index is 0. The van der Waals surface area contributed by atoms with E-state index in [9.17, 15) is 92.6 Å². The number of nitrogens with zero attached hydrogens (tertiary/aromatic N) is 6. The number of unbranched alkanes of at least 4 members (excludes halogenated alkanes) is 4. The van der Waals surface area contributed by atoms with Gasteiger partial charge in [-0.2, -0.15) is 21.4 Å². The molecule has 1 saturated heterocycles. The van der Waals surface area contributed by atoms with Gasteiger partial charge in [0, 0.05) is 164 Å². The zero-order valence-electron chi connectivity index (χ0n) is 70.5. The van der Waals surface area contributed by atoms with Crippen molar-refractivity contribution in [1.82, 2.24) is 35.6 Å². The number of carboxylic acids is 4. The monoisotopic (exact) mass is 1920 g/mol. The Hall–Kier alpha value is -9.06. The second-order valence-electron chi connectivity index (χ2n) is 32.1. The standard InChI is InChI=1S/C43H63N9O11.C43H48N2O11S3.CH3.Gd/c44-15-7-5-14-36(48-43(62)63-29-34-32-11-3-1-9-30(32)31-10-2-4-12-33(31)34)42(61)47-35(41(45)60)13-6-8-16-46-37(53)25-49-17-19-50(26-38(54)55)21-23-52(28-40(58)59)24-22-51(20-18-49)27-39(56)57;1-28(57(48,49)50)23-25-45-36-22-16-30-27-32(59(54,55)56)18-20-34(30)41(36)43(4,5)38(45)13-9-6-8-12-37-42(2,3)40-33-19-17-31(58(51,52)53)26-29(33)15-21-35(40)44(37)24-11-7-10-14-39(46)47;;/h1-4,9-12,34-36H,5-8,13-29,44H2,(H2,45,60)(H,46,53)(H,47,61)(H,48,62)(H,54,55)(H,56,57)(H,58,59);6,8-9,12-13,15-22,26-28H,7,10-11,14,23-25H2,1-5H3,(H3-,46,47,48,49,50,51,52,53,54,55,56);1H3;/q;;-1;/t35-,36-;;;/m0.../s1. The summed E-state index contributed by atoms with van der Waals surface area (Å²) in [4.78, 5) is 106. The molecule has 0 radical (unpaired) electrons. The van der Waals surface area contributed by atoms with Crippen molar-refractivity contribution in [3.63, 3.8) is 0 Å². The molecule has 124 heavy (non-hydrogen) atoms. The molecule has 37 heteroatoms. The van der Waals surface area contributed by atoms with Gasteiger partial charge in [0.25, 0.3) is 20.2 Å². The SMILES string of the molecule is CC(CCN1C(=CC=CC=CC2=[N+](CCCCCC(=O)O)c3ccc4cc(S(=O)(=O)O)ccc4c3C2(C)C)C(C)(C)c2c1ccc1cc(S(=O)(=O)O)ccc21)S(=O)(=O)[O-].NCCCC[C@H](NC(=O)OCC1c2ccccc2-c2ccccc21)C(=O)N[C@@H](CCCCNC(=O)CN1CCN(CC(=O)O)CCN(CC(=O)O)CCN(CC(=O)O)CC1)C(N)=O.[CH3-].[Gd]. The maximum atomic E-state index is 13.5. The number of fused-ring (bicyclic) bond motifs is 9. The van der Waals surface area contributed by atoms with Crippen LogP contribution in [0, 0.1) is 47.4 Å². The number of allylic oxidation sites excluding steroid dienone is 6. The first-order valence-corrected chi connectivity index (χ1v) is 45.0. The number of ether oxygens (including phenoxy) is 1. The summed E-state index contributed by atoms with van der Waals surface area (Å²) in [5.41, 5.74) is 19.8. The van der Waals surface area contributed by atoms with Crippen LogP contribution in [0.2, 0.25) is 0 Å². The van der Waals surface area contributed by atoms with Gasteiger partial charge in [-0.15, -0.1) is 0 Å². The molecule has 4 amide bonds. The molecule has 3 heterocycles. The third-order valence-corrected chi connectivity index (χ3v) is 25.6. The van der Waals surface area contributed by atoms with Crippen LogP contribution < -0.4 is 32.3 Å². The van der Waals surface area contributed by atoms with Crippen LogP contribution in [0.15, 0.2) is 155 Å². The molecule has 0 aromatic heterocycles. The van der Waals surface area contributed by atoms with Crippen LogP contribution in [0.1, 0.15) is 133 Å². The molecule has 0 saturated carbocycles. The number of alkyl carbamates (subject to hydrolysis) is 1. The van der Waals surface area contributed by atoms with Gasteiger partial charge in [0.2, 0.25) is 23.4 Å². The van der Waals surface area contributed by atoms with E-state index in [0.717, 1.165) is 73.4 Å². The first-order valence-electron chi connectivity index (χ1n) is 40.6. The van der Waals surface area contributed by atoms with Gasteiger partial charge in [-0.05, 0) is 177 Å². The van der Waals surface area contributed by atoms with Gasteiger partial charge in [-0.3, -0.25) is 62.3 Å². The number of benzene rings is 6. The van der Waals surface area contributed by atoms with Gasteiger partial charge in [-0.1, -0.05) is 98.8 Å². The number of nitrogens with two attached hydrogens (primary N) is 2. The van der Waals surface area contributed by atoms with Gasteiger partial charge >= 0.3 is 30.0 Å². The molecule has 3 atom stereocenters. The second-order valence-corrected chi connectivity index (χ2v) is 36.7. The maximum Gasteiger partial charge on any atom is 0.407 e. The molecule has 6 aromatic carbocycles. The largest absolute Gasteiger partial charge is 0.748 e. The number of rotatable bonds is 38. The van der Waals surface area contributed by atoms with Crippen molar-refractivity contribution in [1.29, 1.82) is 0 Å². The molecule has 0 spiro atoms. The van der Waals surface area contributed by atoms with Gasteiger partial charge < -0.3 is 69.5 Å². The molecule has 33 nitrogen and oxygen atoms in total. The number of hydrogen-bond acceptors (Lipinski definition) is 22. The number of amides is 4. The zero-order valence-corrected chi connectivity index (χ0v) is 75.2. The molecule has 0 bridgehead atoms. The summed E-state index contributed by atoms with van der Waals surface area (Å²) < 4.78 is 111. The predicted octanol–water partition coefficient (Wildman–Crippen LogP) is 7.83. The third-order valence-electron chi connectivity index (χ3n) is 22.7. The molecule has 10 rings (SSSR count). The van der Waals surface area contributed by atoms with Gasteiger partial charge in [0.1, 0.15) is 25.2 Å². The van der Waals surface area contributed by atoms with Crippen LogP contribution in [-0.2, 0) is 79.5 Å². The molecule has 3 aliphatic heterocycles. The molecule has 6 aromatic rings. The summed E-state index contributed by atoms with van der Waals surface area (Å²) in [5, 5.41) is 47.4. The molecular weight excluding hydrogens is 1800 g/mol. The Balaban J connectivity index is 0.000000336. The average molecular weight is 1920 g/mol. The van der Waals surface area contributed by atoms with E-state index in [0.29, 0.717) is 75.5 Å². The van der Waals surface area contributed by atoms with Crippen LogP contribution in [0.4, 0.5) is 16.2 Å². The normalized spacial score (nSPS) is 16.9. The number of hydrogen-bond donors (Lipinski definition) is 11. The smallest absolute Gasteiger partial charge is 0.407 e. The first kappa shape index (κ1) is 102. The summed E-state index contributed by atoms with van der Waals surface area (Å²) in [6.07, 6.45) is 13.4. The molecule has 1 unspecified atom stereocenters. The van der Waals surface area contributed by atoms with Crippen molar-refractivity contribution in [2.45, 2.75) is 149 Å². The van der Waals surface area contributed by atoms with E-state index in [1.165, 1.54) is 31.2 Å². The van der Waals surface area contributed by atoms with Crippen LogP contribution in [0.5, 0.6) is 0 Å². The van der Waals surface area contributed by atoms with Crippen LogP contribution in [-0.4, -0.2) is 266 Å². The van der Waals surface area contributed by atoms with Crippen molar-refractivity contribution in [2.24, 2.45) is 11.5 Å². The van der Waals surface area contributed by atoms with E-state index >= 15 is 0 Å². The van der Waals surface area contributed by atoms with E-state index in [4.69, 9.17) is 21.3 Å². The molecular formula is C87H114GdN11O22S3-. The number of nitrogens with one attached hydrogen (secondary N) is 3. The van der Waals surface area contributed by atoms with Gasteiger partial charge in [-0.25, -0.2) is 13.2 Å². The van der Waals surface area contributed by atoms with E-state index in [2.05, 4.69) is 34.4 Å². The number of anilines is 1. The summed E-state index contributed by atoms with van der Waals surface area (Å²) in [6, 6.07) is 30.1. The summed E-state index contributed by atoms with van der Waals surface area (Å²) >= 11 is 0. The quantitative estimate of drug-likeness (QED) is 0.00578. The summed E-state index contributed by atoms with van der Waals surface area (Å²) in [6.45, 7) is 12.4.